The second-order valence-electron chi connectivity index (χ2n) is 4.24. The number of nitrogens with two attached hydrogens (primary N) is 1. The van der Waals surface area contributed by atoms with Gasteiger partial charge in [-0.05, 0) is 19.1 Å². The maximum Gasteiger partial charge on any atom is 0.166 e. The molecule has 1 aromatic carbocycles. The molecule has 0 amide bonds. The number of nitrogens with one attached hydrogen (secondary N) is 1. The quantitative estimate of drug-likeness (QED) is 0.822. The van der Waals surface area contributed by atoms with Crippen LogP contribution in [0.3, 0.4) is 0 Å². The molecular weight excluding hydrogens is 248 g/mol. The average Bonchev–Trinajstić information content (AvgIpc) is 2.78. The monoisotopic (exact) mass is 262 g/mol. The Bertz CT molecular complexity index is 600. The predicted molar refractivity (Wildman–Crippen MR) is 71.6 cm³/mol. The van der Waals surface area contributed by atoms with Gasteiger partial charge in [0.15, 0.2) is 5.16 Å². The van der Waals surface area contributed by atoms with Gasteiger partial charge in [0.2, 0.25) is 0 Å². The summed E-state index contributed by atoms with van der Waals surface area (Å²) in [6, 6.07) is 7.70. The Labute approximate surface area is 109 Å². The molecule has 0 aliphatic heterocycles. The Hall–Kier alpha value is -1.71. The molecule has 1 atom stereocenters. The molecule has 0 aliphatic rings. The Balaban J connectivity index is 2.18. The van der Waals surface area contributed by atoms with Crippen molar-refractivity contribution in [1.82, 2.24) is 9.97 Å². The highest BCUT2D eigenvalue weighted by Gasteiger charge is 2.18. The number of aromatic nitrogens is 2. The molecule has 0 saturated heterocycles. The van der Waals surface area contributed by atoms with E-state index in [0.29, 0.717) is 5.75 Å². The lowest BCUT2D eigenvalue weighted by atomic mass is 10.1. The van der Waals surface area contributed by atoms with Crippen molar-refractivity contribution in [1.29, 1.82) is 5.26 Å². The van der Waals surface area contributed by atoms with Crippen molar-refractivity contribution in [3.63, 3.8) is 0 Å². The Kier molecular flexibility index (Phi) is 3.45. The molecule has 0 spiro atoms. The Morgan fingerprint density at radius 1 is 1.61 bits per heavy atom. The van der Waals surface area contributed by atoms with Gasteiger partial charge in [0.05, 0.1) is 24.2 Å². The molecular formula is C12H14N4OS. The molecule has 0 fully saturated rings. The van der Waals surface area contributed by atoms with Crippen LogP contribution in [0.15, 0.2) is 23.4 Å². The number of nitrogens with zero attached hydrogens (tertiary/aromatic N) is 2. The van der Waals surface area contributed by atoms with Crippen LogP contribution in [0, 0.1) is 11.3 Å². The first kappa shape index (κ1) is 12.7. The summed E-state index contributed by atoms with van der Waals surface area (Å²) < 4.78 is 5.15. The highest BCUT2D eigenvalue weighted by molar-refractivity contribution is 7.99. The van der Waals surface area contributed by atoms with E-state index in [9.17, 15) is 0 Å². The molecule has 0 bridgehead atoms. The largest absolute Gasteiger partial charge is 0.497 e. The average molecular weight is 262 g/mol. The molecule has 1 aromatic heterocycles. The molecule has 0 radical (unpaired) electrons. The summed E-state index contributed by atoms with van der Waals surface area (Å²) in [6.07, 6.45) is 0. The highest BCUT2D eigenvalue weighted by atomic mass is 32.2. The van der Waals surface area contributed by atoms with E-state index in [2.05, 4.69) is 16.0 Å². The summed E-state index contributed by atoms with van der Waals surface area (Å²) in [4.78, 5) is 7.59. The van der Waals surface area contributed by atoms with Crippen LogP contribution in [0.25, 0.3) is 11.0 Å². The van der Waals surface area contributed by atoms with Crippen molar-refractivity contribution < 1.29 is 4.74 Å². The van der Waals surface area contributed by atoms with Crippen molar-refractivity contribution in [2.75, 3.05) is 12.9 Å². The van der Waals surface area contributed by atoms with Crippen molar-refractivity contribution in [2.45, 2.75) is 17.6 Å². The molecule has 1 heterocycles. The topological polar surface area (TPSA) is 87.7 Å². The number of H-pyrrole nitrogens is 1. The summed E-state index contributed by atoms with van der Waals surface area (Å²) in [5, 5.41) is 9.60. The van der Waals surface area contributed by atoms with E-state index >= 15 is 0 Å². The lowest BCUT2D eigenvalue weighted by Crippen LogP contribution is -2.36. The minimum atomic E-state index is -0.846. The number of ether oxygens (including phenoxy) is 1. The van der Waals surface area contributed by atoms with Gasteiger partial charge in [-0.25, -0.2) is 4.98 Å². The molecule has 1 unspecified atom stereocenters. The fourth-order valence-electron chi connectivity index (χ4n) is 1.41. The Morgan fingerprint density at radius 2 is 2.39 bits per heavy atom. The number of hydrogen-bond donors (Lipinski definition) is 2. The lowest BCUT2D eigenvalue weighted by molar-refractivity contribution is 0.415. The smallest absolute Gasteiger partial charge is 0.166 e. The number of fused-ring (bicyclic) bond motifs is 1. The van der Waals surface area contributed by atoms with Gasteiger partial charge < -0.3 is 15.5 Å². The fraction of sp³-hybridized carbons (Fsp3) is 0.333. The van der Waals surface area contributed by atoms with Gasteiger partial charge >= 0.3 is 0 Å². The molecule has 2 aromatic rings. The molecule has 0 saturated carbocycles. The maximum absolute atomic E-state index is 8.84. The van der Waals surface area contributed by atoms with Crippen LogP contribution >= 0.6 is 11.8 Å². The van der Waals surface area contributed by atoms with Crippen LogP contribution in [-0.4, -0.2) is 28.4 Å². The third-order valence-corrected chi connectivity index (χ3v) is 3.64. The summed E-state index contributed by atoms with van der Waals surface area (Å²) in [5.41, 5.74) is 6.69. The second-order valence-corrected chi connectivity index (χ2v) is 5.21. The van der Waals surface area contributed by atoms with E-state index in [0.717, 1.165) is 21.9 Å². The fourth-order valence-corrected chi connectivity index (χ4v) is 2.26. The number of thioether (sulfide) groups is 1. The number of methoxy groups -OCH3 is 1. The zero-order valence-corrected chi connectivity index (χ0v) is 11.0. The van der Waals surface area contributed by atoms with Crippen LogP contribution in [0.4, 0.5) is 0 Å². The number of nitriles is 1. The second kappa shape index (κ2) is 4.88. The first-order chi connectivity index (χ1) is 8.54. The van der Waals surface area contributed by atoms with E-state index in [-0.39, 0.29) is 0 Å². The minimum Gasteiger partial charge on any atom is -0.497 e. The van der Waals surface area contributed by atoms with Crippen LogP contribution in [0.2, 0.25) is 0 Å². The molecule has 3 N–H and O–H groups in total. The summed E-state index contributed by atoms with van der Waals surface area (Å²) in [7, 11) is 1.62. The minimum absolute atomic E-state index is 0.487. The van der Waals surface area contributed by atoms with Gasteiger partial charge in [-0.15, -0.1) is 0 Å². The van der Waals surface area contributed by atoms with Crippen molar-refractivity contribution >= 4 is 22.8 Å². The van der Waals surface area contributed by atoms with Gasteiger partial charge in [-0.2, -0.15) is 5.26 Å². The first-order valence-electron chi connectivity index (χ1n) is 5.41. The lowest BCUT2D eigenvalue weighted by Gasteiger charge is -2.12. The molecule has 5 nitrogen and oxygen atoms in total. The van der Waals surface area contributed by atoms with Crippen LogP contribution in [-0.2, 0) is 0 Å². The van der Waals surface area contributed by atoms with Gasteiger partial charge in [0.1, 0.15) is 11.3 Å². The standard InChI is InChI=1S/C12H14N4OS/c1-12(14,6-13)7-18-11-15-9-4-3-8(17-2)5-10(9)16-11/h3-5H,7,14H2,1-2H3,(H,15,16). The number of benzene rings is 1. The van der Waals surface area contributed by atoms with Gasteiger partial charge in [-0.3, -0.25) is 0 Å². The van der Waals surface area contributed by atoms with E-state index in [1.807, 2.05) is 18.2 Å². The molecule has 18 heavy (non-hydrogen) atoms. The van der Waals surface area contributed by atoms with Crippen LogP contribution in [0.5, 0.6) is 5.75 Å². The first-order valence-corrected chi connectivity index (χ1v) is 6.39. The van der Waals surface area contributed by atoms with E-state index in [1.54, 1.807) is 14.0 Å². The molecule has 0 aliphatic carbocycles. The van der Waals surface area contributed by atoms with Crippen molar-refractivity contribution in [2.24, 2.45) is 5.73 Å². The number of imidazole rings is 1. The number of rotatable bonds is 4. The third-order valence-electron chi connectivity index (χ3n) is 2.43. The van der Waals surface area contributed by atoms with Crippen LogP contribution in [0.1, 0.15) is 6.92 Å². The van der Waals surface area contributed by atoms with Gasteiger partial charge in [0.25, 0.3) is 0 Å². The zero-order chi connectivity index (χ0) is 13.2. The summed E-state index contributed by atoms with van der Waals surface area (Å²) in [6.45, 7) is 1.70. The molecule has 6 heteroatoms. The van der Waals surface area contributed by atoms with Gasteiger partial charge in [-0.1, -0.05) is 11.8 Å². The van der Waals surface area contributed by atoms with Crippen molar-refractivity contribution in [3.8, 4) is 11.8 Å². The third kappa shape index (κ3) is 2.75. The van der Waals surface area contributed by atoms with Crippen molar-refractivity contribution in [3.05, 3.63) is 18.2 Å². The SMILES string of the molecule is COc1ccc2nc(SCC(C)(N)C#N)[nH]c2c1. The van der Waals surface area contributed by atoms with Crippen LogP contribution < -0.4 is 10.5 Å². The normalized spacial score (nSPS) is 14.1. The molecule has 2 rings (SSSR count). The van der Waals surface area contributed by atoms with E-state index in [4.69, 9.17) is 15.7 Å². The van der Waals surface area contributed by atoms with Gasteiger partial charge in [0, 0.05) is 11.8 Å². The van der Waals surface area contributed by atoms with E-state index in [1.165, 1.54) is 11.8 Å². The summed E-state index contributed by atoms with van der Waals surface area (Å²) in [5.74, 6) is 1.27. The number of hydrogen-bond acceptors (Lipinski definition) is 5. The molecule has 94 valence electrons. The highest BCUT2D eigenvalue weighted by Crippen LogP contribution is 2.24. The van der Waals surface area contributed by atoms with E-state index < -0.39 is 5.54 Å². The predicted octanol–water partition coefficient (Wildman–Crippen LogP) is 1.90. The Morgan fingerprint density at radius 3 is 3.06 bits per heavy atom. The number of aromatic amines is 1. The summed E-state index contributed by atoms with van der Waals surface area (Å²) >= 11 is 1.44. The maximum atomic E-state index is 8.84. The zero-order valence-electron chi connectivity index (χ0n) is 10.2.